The second-order valence-electron chi connectivity index (χ2n) is 5.23. The van der Waals surface area contributed by atoms with Gasteiger partial charge in [-0.1, -0.05) is 36.4 Å². The van der Waals surface area contributed by atoms with E-state index in [0.29, 0.717) is 0 Å². The summed E-state index contributed by atoms with van der Waals surface area (Å²) in [4.78, 5) is 12.2. The third kappa shape index (κ3) is 3.84. The maximum Gasteiger partial charge on any atom is 0.273 e. The predicted octanol–water partition coefficient (Wildman–Crippen LogP) is 3.32. The fourth-order valence-corrected chi connectivity index (χ4v) is 2.47. The Bertz CT molecular complexity index is 962. The lowest BCUT2D eigenvalue weighted by Crippen LogP contribution is -2.43. The fourth-order valence-electron chi connectivity index (χ4n) is 2.31. The molecule has 0 bridgehead atoms. The van der Waals surface area contributed by atoms with E-state index in [1.165, 1.54) is 18.2 Å². The number of hydrogen-bond acceptors (Lipinski definition) is 3. The minimum Gasteiger partial charge on any atom is -0.507 e. The number of anilines is 1. The summed E-state index contributed by atoms with van der Waals surface area (Å²) in [5.41, 5.74) is 5.12. The summed E-state index contributed by atoms with van der Waals surface area (Å²) in [6, 6.07) is 16.5. The van der Waals surface area contributed by atoms with Crippen molar-refractivity contribution in [3.63, 3.8) is 0 Å². The van der Waals surface area contributed by atoms with Crippen molar-refractivity contribution < 1.29 is 14.3 Å². The number of nitrogens with one attached hydrogen (secondary N) is 3. The average Bonchev–Trinajstić information content (AvgIpc) is 2.61. The van der Waals surface area contributed by atoms with Gasteiger partial charge in [0.25, 0.3) is 5.91 Å². The number of carbonyl (C=O) groups excluding carboxylic acids is 1. The van der Waals surface area contributed by atoms with Crippen LogP contribution in [-0.2, 0) is 0 Å². The molecule has 0 saturated carbocycles. The van der Waals surface area contributed by atoms with Crippen LogP contribution >= 0.6 is 12.2 Å². The fraction of sp³-hybridized carbons (Fsp3) is 0. The summed E-state index contributed by atoms with van der Waals surface area (Å²) in [5.74, 6) is -1.18. The topological polar surface area (TPSA) is 73.4 Å². The predicted molar refractivity (Wildman–Crippen MR) is 98.8 cm³/mol. The Morgan fingerprint density at radius 3 is 2.32 bits per heavy atom. The molecule has 25 heavy (non-hydrogen) atoms. The van der Waals surface area contributed by atoms with Gasteiger partial charge in [-0.3, -0.25) is 15.6 Å². The summed E-state index contributed by atoms with van der Waals surface area (Å²) < 4.78 is 13.5. The van der Waals surface area contributed by atoms with Crippen LogP contribution < -0.4 is 16.2 Å². The van der Waals surface area contributed by atoms with Crippen LogP contribution in [-0.4, -0.2) is 16.1 Å². The average molecular weight is 355 g/mol. The molecule has 0 heterocycles. The van der Waals surface area contributed by atoms with Crippen molar-refractivity contribution >= 4 is 39.7 Å². The molecule has 3 rings (SSSR count). The molecule has 0 aromatic heterocycles. The van der Waals surface area contributed by atoms with E-state index in [2.05, 4.69) is 16.2 Å². The molecule has 0 fully saturated rings. The van der Waals surface area contributed by atoms with Gasteiger partial charge in [-0.2, -0.15) is 0 Å². The summed E-state index contributed by atoms with van der Waals surface area (Å²) >= 11 is 5.01. The monoisotopic (exact) mass is 355 g/mol. The van der Waals surface area contributed by atoms with Crippen molar-refractivity contribution in [1.82, 2.24) is 10.9 Å². The largest absolute Gasteiger partial charge is 0.507 e. The van der Waals surface area contributed by atoms with Gasteiger partial charge >= 0.3 is 0 Å². The molecule has 126 valence electrons. The number of halogens is 1. The Kier molecular flexibility index (Phi) is 4.76. The molecule has 0 aliphatic heterocycles. The number of amides is 1. The van der Waals surface area contributed by atoms with Crippen LogP contribution in [0.3, 0.4) is 0 Å². The Morgan fingerprint density at radius 1 is 0.960 bits per heavy atom. The maximum absolute atomic E-state index is 13.5. The molecule has 7 heteroatoms. The standard InChI is InChI=1S/C18H14FN3O2S/c19-14-7-3-4-8-15(14)20-18(25)22-21-17(24)13-9-11-5-1-2-6-12(11)10-16(13)23/h1-10,23H,(H,21,24)(H2,20,22,25). The first-order chi connectivity index (χ1) is 12.0. The van der Waals surface area contributed by atoms with E-state index in [1.54, 1.807) is 18.2 Å². The SMILES string of the molecule is O=C(NNC(=S)Nc1ccccc1F)c1cc2ccccc2cc1O. The van der Waals surface area contributed by atoms with Crippen LogP contribution in [0.5, 0.6) is 5.75 Å². The van der Waals surface area contributed by atoms with Crippen LogP contribution in [0.15, 0.2) is 60.7 Å². The number of hydrazine groups is 1. The van der Waals surface area contributed by atoms with Crippen LogP contribution in [0.1, 0.15) is 10.4 Å². The van der Waals surface area contributed by atoms with Crippen LogP contribution in [0.4, 0.5) is 10.1 Å². The van der Waals surface area contributed by atoms with E-state index >= 15 is 0 Å². The van der Waals surface area contributed by atoms with E-state index < -0.39 is 11.7 Å². The third-order valence-corrected chi connectivity index (χ3v) is 3.72. The number of carbonyl (C=O) groups is 1. The zero-order chi connectivity index (χ0) is 17.8. The van der Waals surface area contributed by atoms with Crippen molar-refractivity contribution in [2.75, 3.05) is 5.32 Å². The van der Waals surface area contributed by atoms with E-state index in [1.807, 2.05) is 24.3 Å². The normalized spacial score (nSPS) is 10.3. The number of benzene rings is 3. The van der Waals surface area contributed by atoms with Crippen LogP contribution in [0.2, 0.25) is 0 Å². The number of phenols is 1. The molecule has 4 N–H and O–H groups in total. The van der Waals surface area contributed by atoms with Gasteiger partial charge in [-0.25, -0.2) is 4.39 Å². The zero-order valence-corrected chi connectivity index (χ0v) is 13.7. The van der Waals surface area contributed by atoms with Gasteiger partial charge in [0.2, 0.25) is 0 Å². The summed E-state index contributed by atoms with van der Waals surface area (Å²) in [5, 5.41) is 14.3. The van der Waals surface area contributed by atoms with Crippen molar-refractivity contribution in [2.24, 2.45) is 0 Å². The van der Waals surface area contributed by atoms with E-state index in [0.717, 1.165) is 10.8 Å². The second-order valence-corrected chi connectivity index (χ2v) is 5.64. The lowest BCUT2D eigenvalue weighted by atomic mass is 10.1. The first-order valence-electron chi connectivity index (χ1n) is 7.38. The highest BCUT2D eigenvalue weighted by Gasteiger charge is 2.13. The molecule has 0 aliphatic rings. The number of fused-ring (bicyclic) bond motifs is 1. The van der Waals surface area contributed by atoms with Crippen molar-refractivity contribution in [3.05, 3.63) is 72.0 Å². The molecule has 0 saturated heterocycles. The molecule has 0 unspecified atom stereocenters. The minimum absolute atomic E-state index is 0.0127. The molecule has 0 atom stereocenters. The van der Waals surface area contributed by atoms with Crippen LogP contribution in [0.25, 0.3) is 10.8 Å². The summed E-state index contributed by atoms with van der Waals surface area (Å²) in [6.07, 6.45) is 0. The van der Waals surface area contributed by atoms with Gasteiger partial charge in [-0.05, 0) is 47.3 Å². The highest BCUT2D eigenvalue weighted by atomic mass is 32.1. The van der Waals surface area contributed by atoms with Gasteiger partial charge in [0.1, 0.15) is 11.6 Å². The van der Waals surface area contributed by atoms with Gasteiger partial charge in [-0.15, -0.1) is 0 Å². The molecule has 3 aromatic rings. The molecule has 0 radical (unpaired) electrons. The van der Waals surface area contributed by atoms with Crippen molar-refractivity contribution in [2.45, 2.75) is 0 Å². The van der Waals surface area contributed by atoms with Gasteiger partial charge < -0.3 is 10.4 Å². The quantitative estimate of drug-likeness (QED) is 0.419. The Morgan fingerprint density at radius 2 is 1.60 bits per heavy atom. The molecule has 5 nitrogen and oxygen atoms in total. The number of thiocarbonyl (C=S) groups is 1. The van der Waals surface area contributed by atoms with Crippen LogP contribution in [0, 0.1) is 5.82 Å². The third-order valence-electron chi connectivity index (χ3n) is 3.52. The minimum atomic E-state index is -0.569. The molecule has 3 aromatic carbocycles. The highest BCUT2D eigenvalue weighted by Crippen LogP contribution is 2.24. The molecular formula is C18H14FN3O2S. The lowest BCUT2D eigenvalue weighted by Gasteiger charge is -2.13. The number of para-hydroxylation sites is 1. The van der Waals surface area contributed by atoms with Gasteiger partial charge in [0.05, 0.1) is 11.3 Å². The molecule has 1 amide bonds. The molecule has 0 aliphatic carbocycles. The Hall–Kier alpha value is -3.19. The Labute approximate surface area is 148 Å². The number of aromatic hydroxyl groups is 1. The summed E-state index contributed by atoms with van der Waals surface area (Å²) in [6.45, 7) is 0. The van der Waals surface area contributed by atoms with E-state index in [9.17, 15) is 14.3 Å². The Balaban J connectivity index is 1.67. The van der Waals surface area contributed by atoms with Gasteiger partial charge in [0.15, 0.2) is 5.11 Å². The van der Waals surface area contributed by atoms with Crippen molar-refractivity contribution in [1.29, 1.82) is 0 Å². The van der Waals surface area contributed by atoms with E-state index in [-0.39, 0.29) is 22.1 Å². The summed E-state index contributed by atoms with van der Waals surface area (Å²) in [7, 11) is 0. The number of rotatable bonds is 2. The molecular weight excluding hydrogens is 341 g/mol. The number of hydrogen-bond donors (Lipinski definition) is 4. The first kappa shape index (κ1) is 16.7. The lowest BCUT2D eigenvalue weighted by molar-refractivity contribution is 0.0941. The maximum atomic E-state index is 13.5. The van der Waals surface area contributed by atoms with Gasteiger partial charge in [0, 0.05) is 0 Å². The molecule has 0 spiro atoms. The highest BCUT2D eigenvalue weighted by molar-refractivity contribution is 7.80. The van der Waals surface area contributed by atoms with E-state index in [4.69, 9.17) is 12.2 Å². The smallest absolute Gasteiger partial charge is 0.273 e. The first-order valence-corrected chi connectivity index (χ1v) is 7.79. The van der Waals surface area contributed by atoms with Crippen molar-refractivity contribution in [3.8, 4) is 5.75 Å². The number of phenolic OH excluding ortho intramolecular Hbond substituents is 1. The zero-order valence-electron chi connectivity index (χ0n) is 12.9. The second kappa shape index (κ2) is 7.14.